The lowest BCUT2D eigenvalue weighted by molar-refractivity contribution is -0.274. The summed E-state index contributed by atoms with van der Waals surface area (Å²) in [5, 5.41) is 12.1. The summed E-state index contributed by atoms with van der Waals surface area (Å²) in [4.78, 5) is 24.0. The number of ether oxygens (including phenoxy) is 1. The largest absolute Gasteiger partial charge is 0.462 e. The van der Waals surface area contributed by atoms with Crippen LogP contribution in [0.3, 0.4) is 0 Å². The second-order valence-electron chi connectivity index (χ2n) is 10.2. The molecule has 2 bridgehead atoms. The Morgan fingerprint density at radius 3 is 2.52 bits per heavy atom. The molecular weight excluding hydrogens is 316 g/mol. The molecular formula is C21H32O4. The Kier molecular flexibility index (Phi) is 3.56. The highest BCUT2D eigenvalue weighted by molar-refractivity contribution is 5.85. The summed E-state index contributed by atoms with van der Waals surface area (Å²) in [7, 11) is 0. The van der Waals surface area contributed by atoms with Gasteiger partial charge in [0.2, 0.25) is 0 Å². The standard InChI is InChI=1S/C21H32O4/c1-13(22)25-17-7-8-19(4)16(18(17,2)3)6-9-20-11-14(15(23)12-20)5-10-21(19,20)24/h14,16-17,24H,5-12H2,1-4H3/t14-,16-,17?,19-,20+,21-/m1/s1. The molecule has 0 aromatic heterocycles. The quantitative estimate of drug-likeness (QED) is 0.735. The van der Waals surface area contributed by atoms with E-state index in [0.717, 1.165) is 44.9 Å². The van der Waals surface area contributed by atoms with Gasteiger partial charge in [-0.05, 0) is 50.9 Å². The molecule has 0 amide bonds. The van der Waals surface area contributed by atoms with Gasteiger partial charge in [0.1, 0.15) is 11.9 Å². The third-order valence-electron chi connectivity index (χ3n) is 8.92. The van der Waals surface area contributed by atoms with Gasteiger partial charge in [-0.3, -0.25) is 9.59 Å². The summed E-state index contributed by atoms with van der Waals surface area (Å²) in [6.07, 6.45) is 6.60. The number of aliphatic hydroxyl groups is 1. The van der Waals surface area contributed by atoms with Crippen LogP contribution in [0, 0.1) is 28.1 Å². The molecule has 0 aromatic carbocycles. The minimum absolute atomic E-state index is 0.0812. The summed E-state index contributed by atoms with van der Waals surface area (Å²) in [5.74, 6) is 0.659. The monoisotopic (exact) mass is 348 g/mol. The normalized spacial score (nSPS) is 50.8. The highest BCUT2D eigenvalue weighted by Gasteiger charge is 2.72. The van der Waals surface area contributed by atoms with Gasteiger partial charge in [0, 0.05) is 35.5 Å². The van der Waals surface area contributed by atoms with E-state index in [-0.39, 0.29) is 34.2 Å². The second-order valence-corrected chi connectivity index (χ2v) is 10.2. The molecule has 4 fully saturated rings. The minimum atomic E-state index is -0.760. The van der Waals surface area contributed by atoms with Gasteiger partial charge >= 0.3 is 5.97 Å². The molecule has 4 aliphatic carbocycles. The van der Waals surface area contributed by atoms with E-state index in [9.17, 15) is 14.7 Å². The van der Waals surface area contributed by atoms with Crippen LogP contribution in [0.25, 0.3) is 0 Å². The van der Waals surface area contributed by atoms with Crippen LogP contribution in [0.4, 0.5) is 0 Å². The number of Topliss-reactive ketones (excluding diaryl/α,β-unsaturated/α-hetero) is 1. The molecule has 0 radical (unpaired) electrons. The zero-order valence-electron chi connectivity index (χ0n) is 16.1. The summed E-state index contributed by atoms with van der Waals surface area (Å²) >= 11 is 0. The third kappa shape index (κ3) is 2.03. The zero-order chi connectivity index (χ0) is 18.3. The number of carbonyl (C=O) groups excluding carboxylic acids is 2. The van der Waals surface area contributed by atoms with Gasteiger partial charge in [-0.1, -0.05) is 20.8 Å². The Bertz CT molecular complexity index is 625. The lowest BCUT2D eigenvalue weighted by Crippen LogP contribution is -2.69. The Morgan fingerprint density at radius 1 is 1.12 bits per heavy atom. The van der Waals surface area contributed by atoms with Crippen molar-refractivity contribution in [2.75, 3.05) is 0 Å². The van der Waals surface area contributed by atoms with Crippen molar-refractivity contribution < 1.29 is 19.4 Å². The fraction of sp³-hybridized carbons (Fsp3) is 0.905. The lowest BCUT2D eigenvalue weighted by Gasteiger charge is -2.68. The van der Waals surface area contributed by atoms with Crippen molar-refractivity contribution in [1.29, 1.82) is 0 Å². The summed E-state index contributed by atoms with van der Waals surface area (Å²) in [6.45, 7) is 8.15. The molecule has 6 atom stereocenters. The molecule has 25 heavy (non-hydrogen) atoms. The van der Waals surface area contributed by atoms with Crippen molar-refractivity contribution in [2.24, 2.45) is 28.1 Å². The first-order chi connectivity index (χ1) is 11.6. The molecule has 1 spiro atoms. The fourth-order valence-electron chi connectivity index (χ4n) is 7.69. The van der Waals surface area contributed by atoms with Gasteiger partial charge in [0.05, 0.1) is 5.60 Å². The molecule has 4 nitrogen and oxygen atoms in total. The third-order valence-corrected chi connectivity index (χ3v) is 8.92. The summed E-state index contributed by atoms with van der Waals surface area (Å²) < 4.78 is 5.67. The highest BCUT2D eigenvalue weighted by Crippen LogP contribution is 2.72. The van der Waals surface area contributed by atoms with E-state index in [0.29, 0.717) is 18.1 Å². The topological polar surface area (TPSA) is 63.6 Å². The van der Waals surface area contributed by atoms with Crippen molar-refractivity contribution >= 4 is 11.8 Å². The predicted molar refractivity (Wildman–Crippen MR) is 93.7 cm³/mol. The number of carbonyl (C=O) groups is 2. The maximum absolute atomic E-state index is 12.4. The Hall–Kier alpha value is -0.900. The number of fused-ring (bicyclic) bond motifs is 3. The first-order valence-electron chi connectivity index (χ1n) is 9.98. The highest BCUT2D eigenvalue weighted by atomic mass is 16.5. The van der Waals surface area contributed by atoms with Gasteiger partial charge in [-0.15, -0.1) is 0 Å². The first-order valence-corrected chi connectivity index (χ1v) is 9.98. The van der Waals surface area contributed by atoms with Crippen molar-refractivity contribution in [2.45, 2.75) is 90.8 Å². The molecule has 1 N–H and O–H groups in total. The van der Waals surface area contributed by atoms with E-state index < -0.39 is 5.60 Å². The van der Waals surface area contributed by atoms with E-state index in [1.165, 1.54) is 6.92 Å². The van der Waals surface area contributed by atoms with E-state index in [4.69, 9.17) is 4.74 Å². The van der Waals surface area contributed by atoms with Crippen LogP contribution in [0.1, 0.15) is 79.1 Å². The number of hydrogen-bond donors (Lipinski definition) is 1. The molecule has 0 saturated heterocycles. The van der Waals surface area contributed by atoms with Crippen LogP contribution in [0.15, 0.2) is 0 Å². The molecule has 4 rings (SSSR count). The van der Waals surface area contributed by atoms with Gasteiger partial charge < -0.3 is 9.84 Å². The van der Waals surface area contributed by atoms with E-state index in [2.05, 4.69) is 20.8 Å². The van der Waals surface area contributed by atoms with E-state index in [1.54, 1.807) is 0 Å². The van der Waals surface area contributed by atoms with Crippen molar-refractivity contribution in [3.8, 4) is 0 Å². The summed E-state index contributed by atoms with van der Waals surface area (Å²) in [6, 6.07) is 0. The first kappa shape index (κ1) is 17.5. The van der Waals surface area contributed by atoms with Crippen molar-refractivity contribution in [3.63, 3.8) is 0 Å². The lowest BCUT2D eigenvalue weighted by atomic mass is 9.38. The Balaban J connectivity index is 1.73. The van der Waals surface area contributed by atoms with Crippen LogP contribution in [0.5, 0.6) is 0 Å². The van der Waals surface area contributed by atoms with Crippen LogP contribution >= 0.6 is 0 Å². The van der Waals surface area contributed by atoms with Crippen molar-refractivity contribution in [1.82, 2.24) is 0 Å². The number of hydrogen-bond acceptors (Lipinski definition) is 4. The molecule has 4 saturated carbocycles. The smallest absolute Gasteiger partial charge is 0.302 e. The van der Waals surface area contributed by atoms with Crippen LogP contribution < -0.4 is 0 Å². The Labute approximate surface area is 150 Å². The fourth-order valence-corrected chi connectivity index (χ4v) is 7.69. The van der Waals surface area contributed by atoms with Crippen LogP contribution in [-0.2, 0) is 14.3 Å². The molecule has 140 valence electrons. The zero-order valence-corrected chi connectivity index (χ0v) is 16.1. The number of ketones is 1. The molecule has 1 unspecified atom stereocenters. The average Bonchev–Trinajstić information content (AvgIpc) is 2.78. The predicted octanol–water partition coefficient (Wildman–Crippen LogP) is 3.64. The molecule has 0 heterocycles. The maximum Gasteiger partial charge on any atom is 0.302 e. The van der Waals surface area contributed by atoms with Crippen molar-refractivity contribution in [3.05, 3.63) is 0 Å². The van der Waals surface area contributed by atoms with Gasteiger partial charge in [-0.2, -0.15) is 0 Å². The van der Waals surface area contributed by atoms with Gasteiger partial charge in [0.25, 0.3) is 0 Å². The maximum atomic E-state index is 12.4. The van der Waals surface area contributed by atoms with Crippen LogP contribution in [0.2, 0.25) is 0 Å². The van der Waals surface area contributed by atoms with Gasteiger partial charge in [-0.25, -0.2) is 0 Å². The molecule has 4 heteroatoms. The molecule has 0 aliphatic heterocycles. The average molecular weight is 348 g/mol. The van der Waals surface area contributed by atoms with E-state index >= 15 is 0 Å². The Morgan fingerprint density at radius 2 is 1.84 bits per heavy atom. The second kappa shape index (κ2) is 5.09. The minimum Gasteiger partial charge on any atom is -0.462 e. The molecule has 4 aliphatic rings. The van der Waals surface area contributed by atoms with Crippen LogP contribution in [-0.4, -0.2) is 28.6 Å². The van der Waals surface area contributed by atoms with Gasteiger partial charge in [0.15, 0.2) is 0 Å². The summed E-state index contributed by atoms with van der Waals surface area (Å²) in [5.41, 5.74) is -1.33. The SMILES string of the molecule is CC(=O)OC1CC[C@]2(C)[C@H](CC[C@]34CC(=O)[C@H](CC[C@]32O)C4)C1(C)C. The van der Waals surface area contributed by atoms with E-state index in [1.807, 2.05) is 0 Å². The molecule has 0 aromatic rings. The number of esters is 1. The number of rotatable bonds is 1.